The van der Waals surface area contributed by atoms with Crippen LogP contribution in [0.5, 0.6) is 0 Å². The first kappa shape index (κ1) is 16.5. The van der Waals surface area contributed by atoms with Gasteiger partial charge in [-0.05, 0) is 60.7 Å². The summed E-state index contributed by atoms with van der Waals surface area (Å²) in [5, 5.41) is 2.87. The molecule has 0 aromatic heterocycles. The summed E-state index contributed by atoms with van der Waals surface area (Å²) >= 11 is 0. The van der Waals surface area contributed by atoms with E-state index in [4.69, 9.17) is 0 Å². The number of hydrogen-bond acceptors (Lipinski definition) is 2. The molecule has 1 unspecified atom stereocenters. The molecule has 2 aromatic rings. The van der Waals surface area contributed by atoms with E-state index in [9.17, 15) is 9.18 Å². The second-order valence-electron chi connectivity index (χ2n) is 6.60. The molecule has 2 aromatic carbocycles. The van der Waals surface area contributed by atoms with Crippen molar-refractivity contribution in [2.75, 3.05) is 23.3 Å². The zero-order valence-electron chi connectivity index (χ0n) is 14.0. The third-order valence-electron chi connectivity index (χ3n) is 4.43. The van der Waals surface area contributed by atoms with Gasteiger partial charge < -0.3 is 10.2 Å². The van der Waals surface area contributed by atoms with Gasteiger partial charge in [-0.1, -0.05) is 19.1 Å². The smallest absolute Gasteiger partial charge is 0.228 e. The summed E-state index contributed by atoms with van der Waals surface area (Å²) < 4.78 is 13.2. The molecule has 3 rings (SSSR count). The van der Waals surface area contributed by atoms with E-state index in [1.165, 1.54) is 30.7 Å². The van der Waals surface area contributed by atoms with Gasteiger partial charge in [0.1, 0.15) is 5.82 Å². The molecule has 126 valence electrons. The Morgan fingerprint density at radius 1 is 1.25 bits per heavy atom. The van der Waals surface area contributed by atoms with Crippen molar-refractivity contribution in [3.63, 3.8) is 0 Å². The van der Waals surface area contributed by atoms with Crippen molar-refractivity contribution >= 4 is 17.3 Å². The molecule has 3 nitrogen and oxygen atoms in total. The molecule has 1 saturated heterocycles. The highest BCUT2D eigenvalue weighted by Crippen LogP contribution is 2.24. The molecule has 1 atom stereocenters. The molecular weight excluding hydrogens is 303 g/mol. The Morgan fingerprint density at radius 3 is 2.75 bits per heavy atom. The van der Waals surface area contributed by atoms with E-state index in [0.29, 0.717) is 5.56 Å². The molecule has 0 radical (unpaired) electrons. The van der Waals surface area contributed by atoms with Gasteiger partial charge in [0.05, 0.1) is 6.42 Å². The summed E-state index contributed by atoms with van der Waals surface area (Å²) in [6.07, 6.45) is 2.70. The molecule has 24 heavy (non-hydrogen) atoms. The lowest BCUT2D eigenvalue weighted by atomic mass is 10.00. The monoisotopic (exact) mass is 326 g/mol. The van der Waals surface area contributed by atoms with Crippen LogP contribution in [-0.2, 0) is 11.2 Å². The van der Waals surface area contributed by atoms with Crippen molar-refractivity contribution in [3.8, 4) is 0 Å². The summed E-state index contributed by atoms with van der Waals surface area (Å²) in [6, 6.07) is 14.1. The zero-order valence-corrected chi connectivity index (χ0v) is 14.0. The highest BCUT2D eigenvalue weighted by molar-refractivity contribution is 5.92. The Labute approximate surface area is 142 Å². The minimum absolute atomic E-state index is 0.139. The third kappa shape index (κ3) is 4.34. The number of piperidine rings is 1. The van der Waals surface area contributed by atoms with Gasteiger partial charge >= 0.3 is 0 Å². The topological polar surface area (TPSA) is 32.3 Å². The molecule has 4 heteroatoms. The first-order valence-corrected chi connectivity index (χ1v) is 8.49. The summed E-state index contributed by atoms with van der Waals surface area (Å²) in [5.74, 6) is 0.268. The van der Waals surface area contributed by atoms with E-state index in [2.05, 4.69) is 29.3 Å². The number of halogens is 1. The lowest BCUT2D eigenvalue weighted by Gasteiger charge is -2.32. The second kappa shape index (κ2) is 7.47. The van der Waals surface area contributed by atoms with Crippen LogP contribution in [0.1, 0.15) is 25.3 Å². The predicted molar refractivity (Wildman–Crippen MR) is 95.8 cm³/mol. The maximum atomic E-state index is 13.2. The average Bonchev–Trinajstić information content (AvgIpc) is 2.55. The van der Waals surface area contributed by atoms with Crippen molar-refractivity contribution < 1.29 is 9.18 Å². The number of nitrogens with one attached hydrogen (secondary N) is 1. The second-order valence-corrected chi connectivity index (χ2v) is 6.60. The van der Waals surface area contributed by atoms with Crippen LogP contribution in [0, 0.1) is 11.7 Å². The Morgan fingerprint density at radius 2 is 2.04 bits per heavy atom. The molecule has 1 heterocycles. The first-order valence-electron chi connectivity index (χ1n) is 8.49. The summed E-state index contributed by atoms with van der Waals surface area (Å²) in [4.78, 5) is 14.5. The molecule has 1 aliphatic heterocycles. The van der Waals surface area contributed by atoms with Crippen molar-refractivity contribution in [1.82, 2.24) is 0 Å². The fourth-order valence-corrected chi connectivity index (χ4v) is 3.22. The first-order chi connectivity index (χ1) is 11.6. The molecular formula is C20H23FN2O. The minimum Gasteiger partial charge on any atom is -0.371 e. The molecule has 0 bridgehead atoms. The van der Waals surface area contributed by atoms with Crippen molar-refractivity contribution in [1.29, 1.82) is 0 Å². The van der Waals surface area contributed by atoms with Crippen molar-refractivity contribution in [2.45, 2.75) is 26.2 Å². The van der Waals surface area contributed by atoms with E-state index < -0.39 is 0 Å². The zero-order chi connectivity index (χ0) is 16.9. The number of rotatable bonds is 4. The van der Waals surface area contributed by atoms with Crippen LogP contribution in [0.4, 0.5) is 15.8 Å². The Kier molecular flexibility index (Phi) is 5.14. The van der Waals surface area contributed by atoms with Crippen LogP contribution < -0.4 is 10.2 Å². The van der Waals surface area contributed by atoms with Gasteiger partial charge in [-0.25, -0.2) is 4.39 Å². The Hall–Kier alpha value is -2.36. The maximum absolute atomic E-state index is 13.2. The van der Waals surface area contributed by atoms with E-state index in [-0.39, 0.29) is 18.1 Å². The lowest BCUT2D eigenvalue weighted by molar-refractivity contribution is -0.115. The molecule has 1 N–H and O–H groups in total. The summed E-state index contributed by atoms with van der Waals surface area (Å²) in [7, 11) is 0. The standard InChI is InChI=1S/C20H23FN2O/c1-15-4-3-11-23(14-15)19-9-7-18(8-10-19)22-20(24)13-16-5-2-6-17(21)12-16/h2,5-10,12,15H,3-4,11,13-14H2,1H3,(H,22,24). The number of benzene rings is 2. The van der Waals surface area contributed by atoms with Crippen LogP contribution in [0.25, 0.3) is 0 Å². The molecule has 0 aliphatic carbocycles. The Bertz CT molecular complexity index is 699. The number of nitrogens with zero attached hydrogens (tertiary/aromatic N) is 1. The number of anilines is 2. The maximum Gasteiger partial charge on any atom is 0.228 e. The Balaban J connectivity index is 1.58. The molecule has 0 spiro atoms. The van der Waals surface area contributed by atoms with Gasteiger partial charge in [0.15, 0.2) is 0 Å². The summed E-state index contributed by atoms with van der Waals surface area (Å²) in [5.41, 5.74) is 2.64. The number of carbonyl (C=O) groups is 1. The van der Waals surface area contributed by atoms with E-state index in [0.717, 1.165) is 24.7 Å². The van der Waals surface area contributed by atoms with Crippen LogP contribution in [0.15, 0.2) is 48.5 Å². The molecule has 1 aliphatic rings. The van der Waals surface area contributed by atoms with Crippen molar-refractivity contribution in [3.05, 3.63) is 59.9 Å². The average molecular weight is 326 g/mol. The number of carbonyl (C=O) groups excluding carboxylic acids is 1. The van der Waals surface area contributed by atoms with Crippen molar-refractivity contribution in [2.24, 2.45) is 5.92 Å². The van der Waals surface area contributed by atoms with Crippen LogP contribution in [0.3, 0.4) is 0 Å². The fraction of sp³-hybridized carbons (Fsp3) is 0.350. The summed E-state index contributed by atoms with van der Waals surface area (Å²) in [6.45, 7) is 4.47. The normalized spacial score (nSPS) is 17.6. The highest BCUT2D eigenvalue weighted by Gasteiger charge is 2.16. The number of hydrogen-bond donors (Lipinski definition) is 1. The quantitative estimate of drug-likeness (QED) is 0.911. The fourth-order valence-electron chi connectivity index (χ4n) is 3.22. The molecule has 0 saturated carbocycles. The largest absolute Gasteiger partial charge is 0.371 e. The number of amides is 1. The third-order valence-corrected chi connectivity index (χ3v) is 4.43. The van der Waals surface area contributed by atoms with Gasteiger partial charge in [0.2, 0.25) is 5.91 Å². The van der Waals surface area contributed by atoms with Crippen LogP contribution in [-0.4, -0.2) is 19.0 Å². The van der Waals surface area contributed by atoms with Gasteiger partial charge in [0.25, 0.3) is 0 Å². The van der Waals surface area contributed by atoms with Gasteiger partial charge in [-0.2, -0.15) is 0 Å². The van der Waals surface area contributed by atoms with E-state index in [1.54, 1.807) is 12.1 Å². The van der Waals surface area contributed by atoms with Gasteiger partial charge in [-0.3, -0.25) is 4.79 Å². The van der Waals surface area contributed by atoms with E-state index in [1.807, 2.05) is 12.1 Å². The van der Waals surface area contributed by atoms with Crippen LogP contribution in [0.2, 0.25) is 0 Å². The lowest BCUT2D eigenvalue weighted by Crippen LogP contribution is -2.34. The molecule has 1 fully saturated rings. The highest BCUT2D eigenvalue weighted by atomic mass is 19.1. The van der Waals surface area contributed by atoms with Gasteiger partial charge in [0, 0.05) is 24.5 Å². The van der Waals surface area contributed by atoms with Gasteiger partial charge in [-0.15, -0.1) is 0 Å². The van der Waals surface area contributed by atoms with Crippen LogP contribution >= 0.6 is 0 Å². The minimum atomic E-state index is -0.319. The predicted octanol–water partition coefficient (Wildman–Crippen LogP) is 4.24. The van der Waals surface area contributed by atoms with E-state index >= 15 is 0 Å². The SMILES string of the molecule is CC1CCCN(c2ccc(NC(=O)Cc3cccc(F)c3)cc2)C1. The molecule has 1 amide bonds.